The minimum absolute atomic E-state index is 0.0344. The summed E-state index contributed by atoms with van der Waals surface area (Å²) >= 11 is 0. The SMILES string of the molecule is COCC(=O)N1CCC(NC(C)C(F)F)CC1. The van der Waals surface area contributed by atoms with Crippen molar-refractivity contribution in [3.05, 3.63) is 0 Å². The Hall–Kier alpha value is -0.750. The highest BCUT2D eigenvalue weighted by Gasteiger charge is 2.25. The van der Waals surface area contributed by atoms with Crippen LogP contribution in [0.4, 0.5) is 8.78 Å². The van der Waals surface area contributed by atoms with Crippen molar-refractivity contribution in [2.45, 2.75) is 38.3 Å². The van der Waals surface area contributed by atoms with Gasteiger partial charge in [0, 0.05) is 26.2 Å². The minimum atomic E-state index is -2.34. The molecule has 0 saturated carbocycles. The Morgan fingerprint density at radius 1 is 1.47 bits per heavy atom. The van der Waals surface area contributed by atoms with Gasteiger partial charge in [-0.25, -0.2) is 8.78 Å². The van der Waals surface area contributed by atoms with Gasteiger partial charge in [0.25, 0.3) is 6.43 Å². The minimum Gasteiger partial charge on any atom is -0.375 e. The Kier molecular flexibility index (Phi) is 5.77. The first kappa shape index (κ1) is 14.3. The maximum atomic E-state index is 12.3. The number of halogens is 2. The highest BCUT2D eigenvalue weighted by atomic mass is 19.3. The molecule has 0 aliphatic carbocycles. The molecule has 0 aromatic rings. The van der Waals surface area contributed by atoms with Gasteiger partial charge in [0.1, 0.15) is 6.61 Å². The van der Waals surface area contributed by atoms with E-state index in [0.717, 1.165) is 0 Å². The normalized spacial score (nSPS) is 19.7. The van der Waals surface area contributed by atoms with Crippen molar-refractivity contribution < 1.29 is 18.3 Å². The van der Waals surface area contributed by atoms with Gasteiger partial charge >= 0.3 is 0 Å². The summed E-state index contributed by atoms with van der Waals surface area (Å²) in [5.41, 5.74) is 0. The highest BCUT2D eigenvalue weighted by Crippen LogP contribution is 2.12. The first-order chi connectivity index (χ1) is 8.04. The molecule has 0 bridgehead atoms. The molecular formula is C11H20F2N2O2. The van der Waals surface area contributed by atoms with E-state index in [9.17, 15) is 13.6 Å². The van der Waals surface area contributed by atoms with Crippen LogP contribution in [0.15, 0.2) is 0 Å². The number of likely N-dealkylation sites (tertiary alicyclic amines) is 1. The third-order valence-corrected chi connectivity index (χ3v) is 2.99. The Labute approximate surface area is 100 Å². The average Bonchev–Trinajstić information content (AvgIpc) is 2.30. The number of amides is 1. The molecule has 1 aliphatic rings. The van der Waals surface area contributed by atoms with E-state index in [1.54, 1.807) is 4.90 Å². The Morgan fingerprint density at radius 3 is 2.53 bits per heavy atom. The molecule has 1 N–H and O–H groups in total. The molecular weight excluding hydrogens is 230 g/mol. The van der Waals surface area contributed by atoms with Crippen LogP contribution in [0.3, 0.4) is 0 Å². The van der Waals surface area contributed by atoms with E-state index in [2.05, 4.69) is 5.32 Å². The molecule has 17 heavy (non-hydrogen) atoms. The van der Waals surface area contributed by atoms with Crippen molar-refractivity contribution in [3.63, 3.8) is 0 Å². The van der Waals surface area contributed by atoms with E-state index < -0.39 is 12.5 Å². The molecule has 0 radical (unpaired) electrons. The summed E-state index contributed by atoms with van der Waals surface area (Å²) in [7, 11) is 1.48. The summed E-state index contributed by atoms with van der Waals surface area (Å²) in [6.45, 7) is 2.78. The number of hydrogen-bond acceptors (Lipinski definition) is 3. The van der Waals surface area contributed by atoms with Gasteiger partial charge in [0.15, 0.2) is 0 Å². The predicted octanol–water partition coefficient (Wildman–Crippen LogP) is 0.867. The van der Waals surface area contributed by atoms with Crippen molar-refractivity contribution in [1.29, 1.82) is 0 Å². The lowest BCUT2D eigenvalue weighted by atomic mass is 10.0. The average molecular weight is 250 g/mol. The molecule has 1 heterocycles. The quantitative estimate of drug-likeness (QED) is 0.787. The topological polar surface area (TPSA) is 41.6 Å². The number of piperidine rings is 1. The van der Waals surface area contributed by atoms with Gasteiger partial charge in [-0.3, -0.25) is 4.79 Å². The number of ether oxygens (including phenoxy) is 1. The summed E-state index contributed by atoms with van der Waals surface area (Å²) in [5, 5.41) is 2.89. The van der Waals surface area contributed by atoms with Crippen molar-refractivity contribution in [1.82, 2.24) is 10.2 Å². The molecule has 1 amide bonds. The van der Waals surface area contributed by atoms with Gasteiger partial charge in [0.05, 0.1) is 6.04 Å². The highest BCUT2D eigenvalue weighted by molar-refractivity contribution is 5.77. The number of nitrogens with one attached hydrogen (secondary N) is 1. The van der Waals surface area contributed by atoms with E-state index >= 15 is 0 Å². The molecule has 4 nitrogen and oxygen atoms in total. The van der Waals surface area contributed by atoms with Crippen LogP contribution in [0, 0.1) is 0 Å². The van der Waals surface area contributed by atoms with Gasteiger partial charge in [-0.1, -0.05) is 0 Å². The summed E-state index contributed by atoms with van der Waals surface area (Å²) in [4.78, 5) is 13.2. The van der Waals surface area contributed by atoms with E-state index in [1.807, 2.05) is 0 Å². The van der Waals surface area contributed by atoms with Crippen LogP contribution in [-0.2, 0) is 9.53 Å². The Morgan fingerprint density at radius 2 is 2.06 bits per heavy atom. The number of methoxy groups -OCH3 is 1. The maximum absolute atomic E-state index is 12.3. The monoisotopic (exact) mass is 250 g/mol. The number of alkyl halides is 2. The first-order valence-corrected chi connectivity index (χ1v) is 5.85. The van der Waals surface area contributed by atoms with E-state index in [0.29, 0.717) is 25.9 Å². The second kappa shape index (κ2) is 6.86. The maximum Gasteiger partial charge on any atom is 0.253 e. The van der Waals surface area contributed by atoms with Gasteiger partial charge in [0.2, 0.25) is 5.91 Å². The molecule has 1 saturated heterocycles. The molecule has 6 heteroatoms. The molecule has 100 valence electrons. The third-order valence-electron chi connectivity index (χ3n) is 2.99. The van der Waals surface area contributed by atoms with Gasteiger partial charge < -0.3 is 15.0 Å². The molecule has 1 rings (SSSR count). The molecule has 1 fully saturated rings. The number of carbonyl (C=O) groups excluding carboxylic acids is 1. The van der Waals surface area contributed by atoms with Crippen LogP contribution in [0.25, 0.3) is 0 Å². The van der Waals surface area contributed by atoms with Crippen molar-refractivity contribution in [2.24, 2.45) is 0 Å². The lowest BCUT2D eigenvalue weighted by Gasteiger charge is -2.33. The van der Waals surface area contributed by atoms with Crippen molar-refractivity contribution in [2.75, 3.05) is 26.8 Å². The zero-order chi connectivity index (χ0) is 12.8. The zero-order valence-electron chi connectivity index (χ0n) is 10.3. The summed E-state index contributed by atoms with van der Waals surface area (Å²) in [5.74, 6) is -0.0344. The fourth-order valence-electron chi connectivity index (χ4n) is 1.95. The summed E-state index contributed by atoms with van der Waals surface area (Å²) in [6, 6.07) is -0.716. The van der Waals surface area contributed by atoms with Crippen LogP contribution < -0.4 is 5.32 Å². The summed E-state index contributed by atoms with van der Waals surface area (Å²) in [6.07, 6.45) is -0.915. The molecule has 1 atom stereocenters. The number of nitrogens with zero attached hydrogens (tertiary/aromatic N) is 1. The van der Waals surface area contributed by atoms with E-state index in [4.69, 9.17) is 4.74 Å². The molecule has 0 aromatic carbocycles. The predicted molar refractivity (Wildman–Crippen MR) is 60.1 cm³/mol. The van der Waals surface area contributed by atoms with E-state index in [-0.39, 0.29) is 18.6 Å². The molecule has 0 spiro atoms. The largest absolute Gasteiger partial charge is 0.375 e. The zero-order valence-corrected chi connectivity index (χ0v) is 10.3. The third kappa shape index (κ3) is 4.55. The standard InChI is InChI=1S/C11H20F2N2O2/c1-8(11(12)13)14-9-3-5-15(6-4-9)10(16)7-17-2/h8-9,11,14H,3-7H2,1-2H3. The fourth-order valence-corrected chi connectivity index (χ4v) is 1.95. The van der Waals surface area contributed by atoms with Crippen LogP contribution in [0.5, 0.6) is 0 Å². The number of hydrogen-bond donors (Lipinski definition) is 1. The van der Waals surface area contributed by atoms with E-state index in [1.165, 1.54) is 14.0 Å². The van der Waals surface area contributed by atoms with Gasteiger partial charge in [-0.2, -0.15) is 0 Å². The van der Waals surface area contributed by atoms with Gasteiger partial charge in [-0.05, 0) is 19.8 Å². The van der Waals surface area contributed by atoms with Crippen LogP contribution in [0.2, 0.25) is 0 Å². The molecule has 1 unspecified atom stereocenters. The van der Waals surface area contributed by atoms with Crippen molar-refractivity contribution >= 4 is 5.91 Å². The Bertz CT molecular complexity index is 244. The van der Waals surface area contributed by atoms with Crippen LogP contribution in [0.1, 0.15) is 19.8 Å². The fraction of sp³-hybridized carbons (Fsp3) is 0.909. The molecule has 0 aromatic heterocycles. The second-order valence-electron chi connectivity index (χ2n) is 4.38. The summed E-state index contributed by atoms with van der Waals surface area (Å²) < 4.78 is 29.5. The lowest BCUT2D eigenvalue weighted by Crippen LogP contribution is -2.49. The number of rotatable bonds is 5. The van der Waals surface area contributed by atoms with Crippen LogP contribution >= 0.6 is 0 Å². The van der Waals surface area contributed by atoms with Gasteiger partial charge in [-0.15, -0.1) is 0 Å². The van der Waals surface area contributed by atoms with Crippen molar-refractivity contribution in [3.8, 4) is 0 Å². The number of carbonyl (C=O) groups is 1. The van der Waals surface area contributed by atoms with Crippen LogP contribution in [-0.4, -0.2) is 56.1 Å². The molecule has 1 aliphatic heterocycles. The second-order valence-corrected chi connectivity index (χ2v) is 4.38. The Balaban J connectivity index is 2.28. The smallest absolute Gasteiger partial charge is 0.253 e. The lowest BCUT2D eigenvalue weighted by molar-refractivity contribution is -0.136. The first-order valence-electron chi connectivity index (χ1n) is 5.85.